The minimum atomic E-state index is 0.570. The molecule has 0 bridgehead atoms. The van der Waals surface area contributed by atoms with Crippen LogP contribution in [0.15, 0.2) is 12.4 Å². The van der Waals surface area contributed by atoms with Crippen LogP contribution in [0.25, 0.3) is 0 Å². The van der Waals surface area contributed by atoms with Crippen molar-refractivity contribution < 1.29 is 4.74 Å². The van der Waals surface area contributed by atoms with Crippen LogP contribution >= 0.6 is 0 Å². The topological polar surface area (TPSA) is 39.1 Å². The Kier molecular flexibility index (Phi) is 2.61. The fraction of sp³-hybridized carbons (Fsp3) is 0.667. The summed E-state index contributed by atoms with van der Waals surface area (Å²) in [7, 11) is 2.02. The highest BCUT2D eigenvalue weighted by Gasteiger charge is 2.16. The molecule has 2 heterocycles. The van der Waals surface area contributed by atoms with Crippen LogP contribution in [0.2, 0.25) is 0 Å². The molecular weight excluding hydrogens is 166 g/mol. The summed E-state index contributed by atoms with van der Waals surface area (Å²) < 4.78 is 7.12. The number of hydrogen-bond donors (Lipinski definition) is 1. The molecule has 72 valence electrons. The van der Waals surface area contributed by atoms with Gasteiger partial charge in [0.1, 0.15) is 5.82 Å². The van der Waals surface area contributed by atoms with E-state index in [1.54, 1.807) is 0 Å². The average Bonchev–Trinajstić information content (AvgIpc) is 2.42. The van der Waals surface area contributed by atoms with E-state index in [4.69, 9.17) is 4.74 Å². The first kappa shape index (κ1) is 8.72. The van der Waals surface area contributed by atoms with Crippen molar-refractivity contribution >= 4 is 0 Å². The quantitative estimate of drug-likeness (QED) is 0.708. The maximum Gasteiger partial charge on any atom is 0.109 e. The molecule has 1 aromatic rings. The van der Waals surface area contributed by atoms with Crippen molar-refractivity contribution in [3.63, 3.8) is 0 Å². The van der Waals surface area contributed by atoms with Gasteiger partial charge in [-0.2, -0.15) is 0 Å². The third-order valence-corrected chi connectivity index (χ3v) is 2.34. The summed E-state index contributed by atoms with van der Waals surface area (Å²) in [5, 5.41) is 3.41. The summed E-state index contributed by atoms with van der Waals surface area (Å²) in [6, 6.07) is 0.570. The van der Waals surface area contributed by atoms with Gasteiger partial charge in [0, 0.05) is 32.4 Å². The molecule has 4 heteroatoms. The lowest BCUT2D eigenvalue weighted by Gasteiger charge is -2.26. The maximum absolute atomic E-state index is 5.06. The zero-order valence-corrected chi connectivity index (χ0v) is 7.86. The number of imidazole rings is 1. The van der Waals surface area contributed by atoms with Gasteiger partial charge in [0.05, 0.1) is 19.3 Å². The Bertz CT molecular complexity index is 268. The second-order valence-corrected chi connectivity index (χ2v) is 3.39. The highest BCUT2D eigenvalue weighted by atomic mass is 16.5. The largest absolute Gasteiger partial charge is 0.378 e. The van der Waals surface area contributed by atoms with Crippen LogP contribution in [0.4, 0.5) is 0 Å². The molecule has 1 saturated heterocycles. The van der Waals surface area contributed by atoms with Crippen molar-refractivity contribution in [3.8, 4) is 0 Å². The van der Waals surface area contributed by atoms with Gasteiger partial charge in [-0.1, -0.05) is 0 Å². The first-order valence-electron chi connectivity index (χ1n) is 4.63. The van der Waals surface area contributed by atoms with E-state index in [1.165, 1.54) is 0 Å². The molecule has 1 aliphatic rings. The number of ether oxygens (including phenoxy) is 1. The van der Waals surface area contributed by atoms with Gasteiger partial charge in [-0.25, -0.2) is 4.98 Å². The van der Waals surface area contributed by atoms with Crippen LogP contribution in [-0.2, 0) is 18.2 Å². The van der Waals surface area contributed by atoms with E-state index in [2.05, 4.69) is 14.9 Å². The molecule has 1 aliphatic heterocycles. The average molecular weight is 181 g/mol. The van der Waals surface area contributed by atoms with Crippen molar-refractivity contribution in [2.45, 2.75) is 12.5 Å². The third-order valence-electron chi connectivity index (χ3n) is 2.34. The van der Waals surface area contributed by atoms with Crippen LogP contribution in [0.5, 0.6) is 0 Å². The molecule has 0 atom stereocenters. The van der Waals surface area contributed by atoms with Crippen molar-refractivity contribution in [1.29, 1.82) is 0 Å². The van der Waals surface area contributed by atoms with Gasteiger partial charge >= 0.3 is 0 Å². The van der Waals surface area contributed by atoms with Gasteiger partial charge in [0.2, 0.25) is 0 Å². The van der Waals surface area contributed by atoms with Gasteiger partial charge in [-0.05, 0) is 0 Å². The standard InChI is InChI=1S/C9H15N3O/c1-12-5-4-11-9(12)2-3-10-8-6-13-7-8/h4-5,8,10H,2-3,6-7H2,1H3. The molecule has 13 heavy (non-hydrogen) atoms. The van der Waals surface area contributed by atoms with Gasteiger partial charge in [-0.15, -0.1) is 0 Å². The first-order chi connectivity index (χ1) is 6.36. The normalized spacial score (nSPS) is 17.3. The summed E-state index contributed by atoms with van der Waals surface area (Å²) in [6.07, 6.45) is 4.80. The number of hydrogen-bond acceptors (Lipinski definition) is 3. The minimum Gasteiger partial charge on any atom is -0.378 e. The lowest BCUT2D eigenvalue weighted by molar-refractivity contribution is -0.00473. The predicted octanol–water partition coefficient (Wildman–Crippen LogP) is -0.0490. The first-order valence-corrected chi connectivity index (χ1v) is 4.63. The molecule has 0 saturated carbocycles. The monoisotopic (exact) mass is 181 g/mol. The van der Waals surface area contributed by atoms with E-state index in [0.717, 1.165) is 32.0 Å². The molecule has 0 aromatic carbocycles. The Balaban J connectivity index is 1.70. The Morgan fingerprint density at radius 3 is 3.08 bits per heavy atom. The summed E-state index contributed by atoms with van der Waals surface area (Å²) in [5.74, 6) is 1.13. The predicted molar refractivity (Wildman–Crippen MR) is 49.5 cm³/mol. The molecule has 0 amide bonds. The molecule has 4 nitrogen and oxygen atoms in total. The van der Waals surface area contributed by atoms with Crippen molar-refractivity contribution in [1.82, 2.24) is 14.9 Å². The van der Waals surface area contributed by atoms with E-state index >= 15 is 0 Å². The molecule has 1 N–H and O–H groups in total. The fourth-order valence-electron chi connectivity index (χ4n) is 1.38. The maximum atomic E-state index is 5.06. The highest BCUT2D eigenvalue weighted by molar-refractivity contribution is 4.91. The molecule has 1 aromatic heterocycles. The zero-order valence-electron chi connectivity index (χ0n) is 7.86. The summed E-state index contributed by atoms with van der Waals surface area (Å²) in [4.78, 5) is 4.25. The van der Waals surface area contributed by atoms with Crippen LogP contribution in [-0.4, -0.2) is 35.4 Å². The number of nitrogens with zero attached hydrogens (tertiary/aromatic N) is 2. The number of aromatic nitrogens is 2. The van der Waals surface area contributed by atoms with Gasteiger partial charge in [0.15, 0.2) is 0 Å². The van der Waals surface area contributed by atoms with Gasteiger partial charge in [-0.3, -0.25) is 0 Å². The molecule has 0 spiro atoms. The van der Waals surface area contributed by atoms with Crippen molar-refractivity contribution in [3.05, 3.63) is 18.2 Å². The van der Waals surface area contributed by atoms with Crippen LogP contribution < -0.4 is 5.32 Å². The van der Waals surface area contributed by atoms with Crippen molar-refractivity contribution in [2.24, 2.45) is 7.05 Å². The zero-order chi connectivity index (χ0) is 9.10. The lowest BCUT2D eigenvalue weighted by atomic mass is 10.2. The second-order valence-electron chi connectivity index (χ2n) is 3.39. The van der Waals surface area contributed by atoms with E-state index in [-0.39, 0.29) is 0 Å². The lowest BCUT2D eigenvalue weighted by Crippen LogP contribution is -2.46. The Morgan fingerprint density at radius 1 is 1.69 bits per heavy atom. The fourth-order valence-corrected chi connectivity index (χ4v) is 1.38. The van der Waals surface area contributed by atoms with E-state index < -0.39 is 0 Å². The molecule has 0 aliphatic carbocycles. The molecule has 0 radical (unpaired) electrons. The van der Waals surface area contributed by atoms with Crippen LogP contribution in [0.1, 0.15) is 5.82 Å². The molecule has 1 fully saturated rings. The highest BCUT2D eigenvalue weighted by Crippen LogP contribution is 2.00. The number of nitrogens with one attached hydrogen (secondary N) is 1. The van der Waals surface area contributed by atoms with Crippen LogP contribution in [0, 0.1) is 0 Å². The Labute approximate surface area is 77.9 Å². The number of aryl methyl sites for hydroxylation is 1. The number of rotatable bonds is 4. The summed E-state index contributed by atoms with van der Waals surface area (Å²) in [5.41, 5.74) is 0. The second kappa shape index (κ2) is 3.89. The Hall–Kier alpha value is -0.870. The SMILES string of the molecule is Cn1ccnc1CCNC1COC1. The van der Waals surface area contributed by atoms with Gasteiger partial charge < -0.3 is 14.6 Å². The summed E-state index contributed by atoms with van der Waals surface area (Å²) >= 11 is 0. The van der Waals surface area contributed by atoms with E-state index in [0.29, 0.717) is 6.04 Å². The van der Waals surface area contributed by atoms with Gasteiger partial charge in [0.25, 0.3) is 0 Å². The van der Waals surface area contributed by atoms with Crippen LogP contribution in [0.3, 0.4) is 0 Å². The third kappa shape index (κ3) is 2.08. The van der Waals surface area contributed by atoms with Crippen molar-refractivity contribution in [2.75, 3.05) is 19.8 Å². The summed E-state index contributed by atoms with van der Waals surface area (Å²) in [6.45, 7) is 2.71. The van der Waals surface area contributed by atoms with E-state index in [9.17, 15) is 0 Å². The smallest absolute Gasteiger partial charge is 0.109 e. The van der Waals surface area contributed by atoms with E-state index in [1.807, 2.05) is 19.4 Å². The molecule has 2 rings (SSSR count). The molecular formula is C9H15N3O. The Morgan fingerprint density at radius 2 is 2.54 bits per heavy atom. The minimum absolute atomic E-state index is 0.570. The molecule has 0 unspecified atom stereocenters.